The van der Waals surface area contributed by atoms with Crippen LogP contribution >= 0.6 is 0 Å². The first-order chi connectivity index (χ1) is 22.7. The van der Waals surface area contributed by atoms with Gasteiger partial charge in [0.1, 0.15) is 0 Å². The van der Waals surface area contributed by atoms with Gasteiger partial charge in [0.15, 0.2) is 0 Å². The van der Waals surface area contributed by atoms with Crippen molar-refractivity contribution in [3.8, 4) is 0 Å². The molecule has 8 N–H and O–H groups in total. The van der Waals surface area contributed by atoms with Gasteiger partial charge in [0.25, 0.3) is 0 Å². The Kier molecular flexibility index (Phi) is 10.0. The number of rotatable bonds is 12. The Bertz CT molecular complexity index is 1770. The number of aromatic amines is 4. The molecule has 8 bridgehead atoms. The van der Waals surface area contributed by atoms with Gasteiger partial charge < -0.3 is 40.4 Å². The molecule has 4 aromatic heterocycles. The van der Waals surface area contributed by atoms with Gasteiger partial charge in [-0.3, -0.25) is 19.2 Å². The molecule has 0 aromatic carbocycles. The third-order valence-electron chi connectivity index (χ3n) is 10.1. The average Bonchev–Trinajstić information content (AvgIpc) is 3.66. The minimum Gasteiger partial charge on any atom is -0.481 e. The molecule has 0 radical (unpaired) electrons. The topological polar surface area (TPSA) is 212 Å². The summed E-state index contributed by atoms with van der Waals surface area (Å²) in [7, 11) is 0. The van der Waals surface area contributed by atoms with E-state index in [0.717, 1.165) is 90.1 Å². The van der Waals surface area contributed by atoms with Gasteiger partial charge in [-0.1, -0.05) is 0 Å². The van der Waals surface area contributed by atoms with Gasteiger partial charge in [-0.05, 0) is 97.9 Å². The van der Waals surface area contributed by atoms with Gasteiger partial charge in [-0.2, -0.15) is 0 Å². The molecule has 0 saturated carbocycles. The van der Waals surface area contributed by atoms with Crippen molar-refractivity contribution >= 4 is 23.9 Å². The summed E-state index contributed by atoms with van der Waals surface area (Å²) in [6.07, 6.45) is 3.04. The Morgan fingerprint density at radius 2 is 0.583 bits per heavy atom. The molecule has 0 atom stereocenters. The second kappa shape index (κ2) is 14.0. The summed E-state index contributed by atoms with van der Waals surface area (Å²) in [6, 6.07) is 0. The SMILES string of the molecule is Cc1c2[nH]c(c1CCC(=O)O)Cc1[nH]c(c(CCC(=O)O)c1C)Cc1[nH]c(c(C)c1CCC(=O)O)Cc1[nH]c(c(C)c1CCC(=O)O)C2. The van der Waals surface area contributed by atoms with Gasteiger partial charge in [0.05, 0.1) is 0 Å². The van der Waals surface area contributed by atoms with E-state index in [1.54, 1.807) is 0 Å². The first-order valence-electron chi connectivity index (χ1n) is 16.4. The first kappa shape index (κ1) is 34.3. The van der Waals surface area contributed by atoms with Crippen LogP contribution in [0.4, 0.5) is 0 Å². The largest absolute Gasteiger partial charge is 0.481 e. The van der Waals surface area contributed by atoms with E-state index >= 15 is 0 Å². The van der Waals surface area contributed by atoms with Crippen LogP contribution in [0.5, 0.6) is 0 Å². The molecule has 0 fully saturated rings. The fraction of sp³-hybridized carbons (Fsp3) is 0.444. The summed E-state index contributed by atoms with van der Waals surface area (Å²) in [4.78, 5) is 61.0. The van der Waals surface area contributed by atoms with E-state index in [2.05, 4.69) is 19.9 Å². The molecule has 0 aliphatic carbocycles. The molecule has 0 unspecified atom stereocenters. The Morgan fingerprint density at radius 3 is 0.792 bits per heavy atom. The molecule has 12 nitrogen and oxygen atoms in total. The highest BCUT2D eigenvalue weighted by atomic mass is 16.4. The van der Waals surface area contributed by atoms with Crippen LogP contribution in [0, 0.1) is 27.7 Å². The molecular weight excluding hydrogens is 616 g/mol. The number of aromatic nitrogens is 4. The molecule has 5 heterocycles. The van der Waals surface area contributed by atoms with Crippen molar-refractivity contribution in [2.75, 3.05) is 0 Å². The lowest BCUT2D eigenvalue weighted by atomic mass is 9.96. The van der Waals surface area contributed by atoms with E-state index in [9.17, 15) is 39.6 Å². The third kappa shape index (κ3) is 7.27. The van der Waals surface area contributed by atoms with Crippen LogP contribution in [-0.2, 0) is 70.5 Å². The van der Waals surface area contributed by atoms with Gasteiger partial charge in [-0.15, -0.1) is 0 Å². The maximum Gasteiger partial charge on any atom is 0.303 e. The van der Waals surface area contributed by atoms with Crippen LogP contribution in [0.1, 0.15) is 116 Å². The monoisotopic (exact) mass is 660 g/mol. The molecule has 5 rings (SSSR count). The third-order valence-corrected chi connectivity index (χ3v) is 10.1. The molecule has 48 heavy (non-hydrogen) atoms. The van der Waals surface area contributed by atoms with Crippen LogP contribution in [0.3, 0.4) is 0 Å². The molecule has 0 spiro atoms. The molecule has 1 aliphatic heterocycles. The smallest absolute Gasteiger partial charge is 0.303 e. The normalized spacial score (nSPS) is 12.8. The number of carboxylic acids is 4. The maximum absolute atomic E-state index is 11.6. The standard InChI is InChI=1S/C36H44N4O8/c1-17-21(5-9-33(41)42)29-14-27-19(3)23(7-11-35(45)46)31(39-27)16-32-24(8-12-36(47)48)20(4)28(40-32)15-30-22(6-10-34(43)44)18(2)26(38-30)13-25(17)37-29/h37-40H,5-16H2,1-4H3,(H,41,42)(H,43,44)(H,45,46)(H,47,48). The van der Waals surface area contributed by atoms with Crippen LogP contribution in [0.15, 0.2) is 0 Å². The van der Waals surface area contributed by atoms with Gasteiger partial charge in [0, 0.05) is 96.9 Å². The molecule has 256 valence electrons. The molecule has 12 heteroatoms. The van der Waals surface area contributed by atoms with Crippen molar-refractivity contribution in [2.45, 2.75) is 105 Å². The lowest BCUT2D eigenvalue weighted by Gasteiger charge is -2.07. The zero-order chi connectivity index (χ0) is 34.9. The van der Waals surface area contributed by atoms with E-state index in [4.69, 9.17) is 0 Å². The number of carboxylic acid groups (broad SMARTS) is 4. The number of H-pyrrole nitrogens is 4. The van der Waals surface area contributed by atoms with Crippen molar-refractivity contribution in [3.63, 3.8) is 0 Å². The van der Waals surface area contributed by atoms with Crippen LogP contribution in [0.25, 0.3) is 0 Å². The fourth-order valence-electron chi connectivity index (χ4n) is 7.34. The predicted octanol–water partition coefficient (Wildman–Crippen LogP) is 4.98. The molecule has 0 saturated heterocycles. The van der Waals surface area contributed by atoms with Crippen LogP contribution in [0.2, 0.25) is 0 Å². The summed E-state index contributed by atoms with van der Waals surface area (Å²) in [5.41, 5.74) is 14.8. The van der Waals surface area contributed by atoms with E-state index < -0.39 is 23.9 Å². The lowest BCUT2D eigenvalue weighted by molar-refractivity contribution is -0.138. The summed E-state index contributed by atoms with van der Waals surface area (Å²) in [6.45, 7) is 7.96. The summed E-state index contributed by atoms with van der Waals surface area (Å²) < 4.78 is 0. The number of carbonyl (C=O) groups is 4. The summed E-state index contributed by atoms with van der Waals surface area (Å²) in [5, 5.41) is 38.2. The zero-order valence-corrected chi connectivity index (χ0v) is 27.9. The number of fused-ring (bicyclic) bond motifs is 8. The van der Waals surface area contributed by atoms with Crippen LogP contribution < -0.4 is 0 Å². The maximum atomic E-state index is 11.6. The summed E-state index contributed by atoms with van der Waals surface area (Å²) in [5.74, 6) is -3.58. The average molecular weight is 661 g/mol. The highest BCUT2D eigenvalue weighted by Gasteiger charge is 2.25. The Balaban J connectivity index is 1.72. The van der Waals surface area contributed by atoms with Crippen LogP contribution in [-0.4, -0.2) is 64.2 Å². The van der Waals surface area contributed by atoms with Gasteiger partial charge >= 0.3 is 23.9 Å². The molecule has 4 aromatic rings. The Morgan fingerprint density at radius 1 is 0.396 bits per heavy atom. The van der Waals surface area contributed by atoms with Crippen molar-refractivity contribution in [3.05, 3.63) is 90.1 Å². The highest BCUT2D eigenvalue weighted by Crippen LogP contribution is 2.33. The second-order valence-electron chi connectivity index (χ2n) is 13.0. The fourth-order valence-corrected chi connectivity index (χ4v) is 7.34. The zero-order valence-electron chi connectivity index (χ0n) is 27.9. The number of hydrogen-bond acceptors (Lipinski definition) is 4. The molecular formula is C36H44N4O8. The van der Waals surface area contributed by atoms with E-state index in [1.807, 2.05) is 27.7 Å². The molecule has 1 aliphatic rings. The lowest BCUT2D eigenvalue weighted by Crippen LogP contribution is -2.04. The van der Waals surface area contributed by atoms with Crippen molar-refractivity contribution in [1.82, 2.24) is 19.9 Å². The second-order valence-corrected chi connectivity index (χ2v) is 13.0. The molecule has 0 amide bonds. The quantitative estimate of drug-likeness (QED) is 0.0912. The van der Waals surface area contributed by atoms with E-state index in [-0.39, 0.29) is 25.7 Å². The first-order valence-corrected chi connectivity index (χ1v) is 16.4. The van der Waals surface area contributed by atoms with Crippen molar-refractivity contribution < 1.29 is 39.6 Å². The predicted molar refractivity (Wildman–Crippen MR) is 177 cm³/mol. The van der Waals surface area contributed by atoms with Gasteiger partial charge in [-0.25, -0.2) is 0 Å². The number of nitrogens with one attached hydrogen (secondary N) is 4. The highest BCUT2D eigenvalue weighted by molar-refractivity contribution is 5.69. The Hall–Kier alpha value is -5.00. The van der Waals surface area contributed by atoms with Crippen molar-refractivity contribution in [2.24, 2.45) is 0 Å². The van der Waals surface area contributed by atoms with E-state index in [0.29, 0.717) is 51.4 Å². The number of hydrogen-bond donors (Lipinski definition) is 8. The minimum atomic E-state index is -0.902. The number of aliphatic carboxylic acids is 4. The summed E-state index contributed by atoms with van der Waals surface area (Å²) >= 11 is 0. The van der Waals surface area contributed by atoms with E-state index in [1.165, 1.54) is 0 Å². The Labute approximate surface area is 278 Å². The van der Waals surface area contributed by atoms with Gasteiger partial charge in [0.2, 0.25) is 0 Å². The minimum absolute atomic E-state index is 0.0254. The van der Waals surface area contributed by atoms with Crippen molar-refractivity contribution in [1.29, 1.82) is 0 Å².